The van der Waals surface area contributed by atoms with Crippen LogP contribution >= 0.6 is 0 Å². The van der Waals surface area contributed by atoms with Crippen LogP contribution in [0.1, 0.15) is 76.0 Å². The lowest BCUT2D eigenvalue weighted by molar-refractivity contribution is -0.137. The fourth-order valence-electron chi connectivity index (χ4n) is 6.50. The maximum absolute atomic E-state index is 13.5. The molecule has 2 aliphatic carbocycles. The molecule has 2 atom stereocenters. The maximum Gasteiger partial charge on any atom is 0.253 e. The van der Waals surface area contributed by atoms with Crippen molar-refractivity contribution in [2.24, 2.45) is 11.8 Å². The van der Waals surface area contributed by atoms with Crippen molar-refractivity contribution in [1.29, 1.82) is 0 Å². The maximum atomic E-state index is 13.5. The standard InChI is InChI=1S/C30H33N5O5/c36-24-12-10-21(30(40)33-24)26-27(37)20-7-4-8-22(25(20)28(26)38)34-13-15-35(16-14-34)23-11-9-18(17-31-23)29(39)32-19-5-2-1-3-6-19/h4,7-9,11,17,19,21,26H,1-3,5-6,10,12-16H2,(H,32,39)(H,33,36,40). The van der Waals surface area contributed by atoms with Crippen molar-refractivity contribution >= 4 is 40.8 Å². The van der Waals surface area contributed by atoms with Gasteiger partial charge < -0.3 is 15.1 Å². The first-order valence-electron chi connectivity index (χ1n) is 14.2. The van der Waals surface area contributed by atoms with Crippen LogP contribution in [-0.4, -0.2) is 66.5 Å². The number of aromatic nitrogens is 1. The van der Waals surface area contributed by atoms with Crippen LogP contribution in [0.4, 0.5) is 11.5 Å². The van der Waals surface area contributed by atoms with Crippen LogP contribution in [0.2, 0.25) is 0 Å². The molecular weight excluding hydrogens is 510 g/mol. The molecule has 1 aromatic heterocycles. The number of piperidine rings is 1. The fraction of sp³-hybridized carbons (Fsp3) is 0.467. The molecule has 3 fully saturated rings. The molecule has 3 amide bonds. The van der Waals surface area contributed by atoms with Crippen LogP contribution in [0.15, 0.2) is 36.5 Å². The van der Waals surface area contributed by atoms with Crippen LogP contribution in [0.3, 0.4) is 0 Å². The third kappa shape index (κ3) is 4.87. The van der Waals surface area contributed by atoms with Crippen LogP contribution in [0, 0.1) is 11.8 Å². The molecule has 40 heavy (non-hydrogen) atoms. The van der Waals surface area contributed by atoms with E-state index in [9.17, 15) is 24.0 Å². The molecule has 3 heterocycles. The minimum absolute atomic E-state index is 0.0801. The lowest BCUT2D eigenvalue weighted by Crippen LogP contribution is -2.47. The number of amides is 3. The number of nitrogens with zero attached hydrogens (tertiary/aromatic N) is 3. The first-order chi connectivity index (χ1) is 19.4. The number of pyridine rings is 1. The molecule has 1 saturated carbocycles. The van der Waals surface area contributed by atoms with Crippen LogP contribution in [-0.2, 0) is 9.59 Å². The normalized spacial score (nSPS) is 23.7. The number of piperazine rings is 1. The zero-order valence-corrected chi connectivity index (χ0v) is 22.4. The Bertz CT molecular complexity index is 1360. The number of imide groups is 1. The molecule has 2 saturated heterocycles. The van der Waals surface area contributed by atoms with E-state index in [0.29, 0.717) is 48.6 Å². The summed E-state index contributed by atoms with van der Waals surface area (Å²) in [6.07, 6.45) is 7.56. The Morgan fingerprint density at radius 3 is 2.33 bits per heavy atom. The SMILES string of the molecule is O=C1CCC(C2C(=O)c3cccc(N4CCN(c5ccc(C(=O)NC6CCCCC6)cn5)CC4)c3C2=O)C(=O)N1. The number of hydrogen-bond acceptors (Lipinski definition) is 8. The van der Waals surface area contributed by atoms with E-state index in [1.54, 1.807) is 18.3 Å². The van der Waals surface area contributed by atoms with E-state index in [1.807, 2.05) is 18.2 Å². The molecular formula is C30H33N5O5. The number of hydrogen-bond donors (Lipinski definition) is 2. The van der Waals surface area contributed by atoms with Gasteiger partial charge in [-0.05, 0) is 37.5 Å². The molecule has 10 nitrogen and oxygen atoms in total. The first kappa shape index (κ1) is 26.2. The Kier molecular flexibility index (Phi) is 7.08. The quantitative estimate of drug-likeness (QED) is 0.435. The number of rotatable bonds is 5. The molecule has 208 valence electrons. The van der Waals surface area contributed by atoms with Crippen molar-refractivity contribution in [2.75, 3.05) is 36.0 Å². The van der Waals surface area contributed by atoms with Gasteiger partial charge in [0.1, 0.15) is 5.82 Å². The number of carbonyl (C=O) groups is 5. The topological polar surface area (TPSA) is 129 Å². The van der Waals surface area contributed by atoms with Crippen molar-refractivity contribution in [3.63, 3.8) is 0 Å². The predicted octanol–water partition coefficient (Wildman–Crippen LogP) is 2.52. The monoisotopic (exact) mass is 543 g/mol. The number of carbonyl (C=O) groups excluding carboxylic acids is 5. The van der Waals surface area contributed by atoms with E-state index in [4.69, 9.17) is 0 Å². The van der Waals surface area contributed by atoms with Gasteiger partial charge in [0.25, 0.3) is 5.91 Å². The van der Waals surface area contributed by atoms with Gasteiger partial charge in [0.2, 0.25) is 11.8 Å². The van der Waals surface area contributed by atoms with Gasteiger partial charge in [0, 0.05) is 56.1 Å². The molecule has 0 bridgehead atoms. The van der Waals surface area contributed by atoms with E-state index in [-0.39, 0.29) is 42.3 Å². The highest BCUT2D eigenvalue weighted by atomic mass is 16.2. The van der Waals surface area contributed by atoms with Crippen molar-refractivity contribution in [1.82, 2.24) is 15.6 Å². The van der Waals surface area contributed by atoms with E-state index in [1.165, 1.54) is 6.42 Å². The second kappa shape index (κ2) is 10.8. The molecule has 2 aliphatic heterocycles. The highest BCUT2D eigenvalue weighted by Gasteiger charge is 2.48. The van der Waals surface area contributed by atoms with Crippen molar-refractivity contribution in [2.45, 2.75) is 51.0 Å². The molecule has 10 heteroatoms. The van der Waals surface area contributed by atoms with E-state index in [0.717, 1.165) is 31.5 Å². The molecule has 1 aromatic carbocycles. The number of nitrogens with one attached hydrogen (secondary N) is 2. The Balaban J connectivity index is 1.11. The van der Waals surface area contributed by atoms with Crippen LogP contribution in [0.5, 0.6) is 0 Å². The summed E-state index contributed by atoms with van der Waals surface area (Å²) in [7, 11) is 0. The average molecular weight is 544 g/mol. The summed E-state index contributed by atoms with van der Waals surface area (Å²) >= 11 is 0. The third-order valence-corrected chi connectivity index (χ3v) is 8.70. The zero-order chi connectivity index (χ0) is 27.8. The Labute approximate surface area is 232 Å². The van der Waals surface area contributed by atoms with Crippen LogP contribution < -0.4 is 20.4 Å². The number of fused-ring (bicyclic) bond motifs is 1. The molecule has 2 aromatic rings. The summed E-state index contributed by atoms with van der Waals surface area (Å²) in [5, 5.41) is 5.40. The van der Waals surface area contributed by atoms with Crippen LogP contribution in [0.25, 0.3) is 0 Å². The summed E-state index contributed by atoms with van der Waals surface area (Å²) in [6.45, 7) is 2.55. The number of anilines is 2. The lowest BCUT2D eigenvalue weighted by Gasteiger charge is -2.37. The second-order valence-electron chi connectivity index (χ2n) is 11.2. The molecule has 4 aliphatic rings. The van der Waals surface area contributed by atoms with E-state index in [2.05, 4.69) is 25.4 Å². The first-order valence-corrected chi connectivity index (χ1v) is 14.2. The molecule has 2 unspecified atom stereocenters. The summed E-state index contributed by atoms with van der Waals surface area (Å²) in [4.78, 5) is 72.3. The van der Waals surface area contributed by atoms with Crippen molar-refractivity contribution < 1.29 is 24.0 Å². The minimum atomic E-state index is -1.08. The molecule has 6 rings (SSSR count). The number of ketones is 2. The van der Waals surface area contributed by atoms with Crippen molar-refractivity contribution in [3.05, 3.63) is 53.2 Å². The van der Waals surface area contributed by atoms with Gasteiger partial charge in [-0.25, -0.2) is 4.98 Å². The van der Waals surface area contributed by atoms with Gasteiger partial charge in [0.05, 0.1) is 23.0 Å². The van der Waals surface area contributed by atoms with Gasteiger partial charge in [-0.1, -0.05) is 31.4 Å². The third-order valence-electron chi connectivity index (χ3n) is 8.70. The summed E-state index contributed by atoms with van der Waals surface area (Å²) in [5.74, 6) is -2.79. The molecule has 0 spiro atoms. The Morgan fingerprint density at radius 1 is 0.875 bits per heavy atom. The number of Topliss-reactive ketones (excluding diaryl/α,β-unsaturated/α-hetero) is 2. The zero-order valence-electron chi connectivity index (χ0n) is 22.4. The summed E-state index contributed by atoms with van der Waals surface area (Å²) in [5.41, 5.74) is 1.99. The van der Waals surface area contributed by atoms with Gasteiger partial charge in [-0.3, -0.25) is 29.3 Å². The second-order valence-corrected chi connectivity index (χ2v) is 11.2. The summed E-state index contributed by atoms with van der Waals surface area (Å²) < 4.78 is 0. The molecule has 0 radical (unpaired) electrons. The smallest absolute Gasteiger partial charge is 0.253 e. The summed E-state index contributed by atoms with van der Waals surface area (Å²) in [6, 6.07) is 9.21. The largest absolute Gasteiger partial charge is 0.367 e. The Morgan fingerprint density at radius 2 is 1.62 bits per heavy atom. The molecule has 2 N–H and O–H groups in total. The van der Waals surface area contributed by atoms with E-state index < -0.39 is 17.7 Å². The fourth-order valence-corrected chi connectivity index (χ4v) is 6.50. The van der Waals surface area contributed by atoms with E-state index >= 15 is 0 Å². The highest BCUT2D eigenvalue weighted by Crippen LogP contribution is 2.39. The average Bonchev–Trinajstić information content (AvgIpc) is 3.23. The Hall–Kier alpha value is -4.08. The predicted molar refractivity (Wildman–Crippen MR) is 147 cm³/mol. The van der Waals surface area contributed by atoms with Crippen molar-refractivity contribution in [3.8, 4) is 0 Å². The number of benzene rings is 1. The minimum Gasteiger partial charge on any atom is -0.367 e. The van der Waals surface area contributed by atoms with Gasteiger partial charge in [-0.15, -0.1) is 0 Å². The lowest BCUT2D eigenvalue weighted by atomic mass is 9.82. The van der Waals surface area contributed by atoms with Gasteiger partial charge in [-0.2, -0.15) is 0 Å². The van der Waals surface area contributed by atoms with Gasteiger partial charge >= 0.3 is 0 Å². The highest BCUT2D eigenvalue weighted by molar-refractivity contribution is 6.30. The van der Waals surface area contributed by atoms with Gasteiger partial charge in [0.15, 0.2) is 11.6 Å².